The third-order valence-electron chi connectivity index (χ3n) is 2.77. The summed E-state index contributed by atoms with van der Waals surface area (Å²) in [6, 6.07) is 8.45. The first-order valence-electron chi connectivity index (χ1n) is 6.46. The summed E-state index contributed by atoms with van der Waals surface area (Å²) in [6.07, 6.45) is 2.92. The first kappa shape index (κ1) is 16.0. The van der Waals surface area contributed by atoms with E-state index in [9.17, 15) is 9.59 Å². The monoisotopic (exact) mass is 363 g/mol. The number of hydrogen-bond acceptors (Lipinski definition) is 4. The Bertz CT molecular complexity index is 653. The third-order valence-corrected chi connectivity index (χ3v) is 3.30. The van der Waals surface area contributed by atoms with Crippen LogP contribution < -0.4 is 5.32 Å². The lowest BCUT2D eigenvalue weighted by atomic mass is 10.2. The number of anilines is 1. The zero-order valence-electron chi connectivity index (χ0n) is 11.7. The molecule has 0 bridgehead atoms. The molecule has 0 saturated carbocycles. The van der Waals surface area contributed by atoms with Crippen molar-refractivity contribution >= 4 is 33.6 Å². The predicted octanol–water partition coefficient (Wildman–Crippen LogP) is 2.70. The fraction of sp³-hybridized carbons (Fsp3) is 0.133. The van der Waals surface area contributed by atoms with Crippen molar-refractivity contribution in [2.45, 2.75) is 0 Å². The average Bonchev–Trinajstić information content (AvgIpc) is 2.99. The van der Waals surface area contributed by atoms with Crippen molar-refractivity contribution in [2.24, 2.45) is 0 Å². The van der Waals surface area contributed by atoms with E-state index in [0.29, 0.717) is 11.4 Å². The summed E-state index contributed by atoms with van der Waals surface area (Å²) >= 11 is 3.31. The van der Waals surface area contributed by atoms with Crippen LogP contribution in [0.2, 0.25) is 0 Å². The van der Waals surface area contributed by atoms with Crippen LogP contribution in [0.15, 0.2) is 58.2 Å². The molecule has 2 aromatic rings. The molecule has 0 fully saturated rings. The number of carbonyl (C=O) groups excluding carboxylic acids is 2. The molecule has 0 aliphatic carbocycles. The maximum absolute atomic E-state index is 12.4. The highest BCUT2D eigenvalue weighted by Crippen LogP contribution is 2.12. The molecular weight excluding hydrogens is 350 g/mol. The van der Waals surface area contributed by atoms with Gasteiger partial charge < -0.3 is 14.7 Å². The zero-order chi connectivity index (χ0) is 15.9. The second-order valence-electron chi connectivity index (χ2n) is 4.41. The molecule has 2 amide bonds. The highest BCUT2D eigenvalue weighted by atomic mass is 79.9. The van der Waals surface area contributed by atoms with Crippen molar-refractivity contribution in [3.63, 3.8) is 0 Å². The van der Waals surface area contributed by atoms with Crippen LogP contribution in [0, 0.1) is 0 Å². The second-order valence-corrected chi connectivity index (χ2v) is 5.33. The lowest BCUT2D eigenvalue weighted by molar-refractivity contribution is -0.116. The van der Waals surface area contributed by atoms with Crippen LogP contribution in [0.3, 0.4) is 0 Å². The van der Waals surface area contributed by atoms with Gasteiger partial charge in [0.1, 0.15) is 12.8 Å². The summed E-state index contributed by atoms with van der Waals surface area (Å²) < 4.78 is 5.51. The van der Waals surface area contributed by atoms with Crippen LogP contribution in [0.1, 0.15) is 10.4 Å². The van der Waals surface area contributed by atoms with Gasteiger partial charge in [-0.1, -0.05) is 27.2 Å². The van der Waals surface area contributed by atoms with Gasteiger partial charge in [0.15, 0.2) is 5.82 Å². The Balaban J connectivity index is 2.05. The number of aromatic nitrogens is 1. The largest absolute Gasteiger partial charge is 0.363 e. The van der Waals surface area contributed by atoms with Gasteiger partial charge in [0, 0.05) is 22.6 Å². The number of rotatable bonds is 6. The third kappa shape index (κ3) is 4.29. The van der Waals surface area contributed by atoms with Crippen molar-refractivity contribution in [2.75, 3.05) is 18.4 Å². The van der Waals surface area contributed by atoms with Crippen molar-refractivity contribution in [3.8, 4) is 0 Å². The fourth-order valence-electron chi connectivity index (χ4n) is 1.78. The molecule has 0 atom stereocenters. The molecular formula is C15H14BrN3O3. The molecule has 22 heavy (non-hydrogen) atoms. The molecule has 0 spiro atoms. The zero-order valence-corrected chi connectivity index (χ0v) is 13.2. The van der Waals surface area contributed by atoms with E-state index in [2.05, 4.69) is 37.5 Å². The summed E-state index contributed by atoms with van der Waals surface area (Å²) in [7, 11) is 0. The van der Waals surface area contributed by atoms with Gasteiger partial charge in [-0.05, 0) is 24.3 Å². The maximum Gasteiger partial charge on any atom is 0.254 e. The second kappa shape index (κ2) is 7.56. The van der Waals surface area contributed by atoms with Crippen molar-refractivity contribution < 1.29 is 14.1 Å². The normalized spacial score (nSPS) is 10.0. The van der Waals surface area contributed by atoms with E-state index in [0.717, 1.165) is 4.47 Å². The Hall–Kier alpha value is -2.41. The van der Waals surface area contributed by atoms with Gasteiger partial charge in [-0.3, -0.25) is 9.59 Å². The molecule has 114 valence electrons. The first-order valence-corrected chi connectivity index (χ1v) is 7.25. The standard InChI is InChI=1S/C15H14BrN3O3/c1-2-8-19(10-14(20)17-13-7-9-22-18-13)15(21)11-3-5-12(16)6-4-11/h2-7,9H,1,8,10H2,(H,17,18,20). The van der Waals surface area contributed by atoms with E-state index < -0.39 is 0 Å². The topological polar surface area (TPSA) is 75.4 Å². The first-order chi connectivity index (χ1) is 10.6. The molecule has 1 aromatic carbocycles. The van der Waals surface area contributed by atoms with E-state index in [4.69, 9.17) is 0 Å². The number of carbonyl (C=O) groups is 2. The Morgan fingerprint density at radius 2 is 2.05 bits per heavy atom. The minimum absolute atomic E-state index is 0.103. The van der Waals surface area contributed by atoms with E-state index in [1.54, 1.807) is 30.3 Å². The summed E-state index contributed by atoms with van der Waals surface area (Å²) in [5.74, 6) is -0.302. The van der Waals surface area contributed by atoms with E-state index in [1.165, 1.54) is 17.2 Å². The molecule has 0 radical (unpaired) electrons. The van der Waals surface area contributed by atoms with Crippen molar-refractivity contribution in [3.05, 3.63) is 59.3 Å². The molecule has 0 unspecified atom stereocenters. The van der Waals surface area contributed by atoms with E-state index in [1.807, 2.05) is 0 Å². The SMILES string of the molecule is C=CCN(CC(=O)Nc1ccon1)C(=O)c1ccc(Br)cc1. The van der Waals surface area contributed by atoms with Crippen molar-refractivity contribution in [1.82, 2.24) is 10.1 Å². The minimum atomic E-state index is -0.360. The molecule has 0 saturated heterocycles. The molecule has 7 heteroatoms. The quantitative estimate of drug-likeness (QED) is 0.800. The van der Waals surface area contributed by atoms with Gasteiger partial charge in [-0.15, -0.1) is 6.58 Å². The molecule has 1 aromatic heterocycles. The predicted molar refractivity (Wildman–Crippen MR) is 85.4 cm³/mol. The lowest BCUT2D eigenvalue weighted by Crippen LogP contribution is -2.38. The van der Waals surface area contributed by atoms with Crippen molar-refractivity contribution in [1.29, 1.82) is 0 Å². The fourth-order valence-corrected chi connectivity index (χ4v) is 2.05. The molecule has 6 nitrogen and oxygen atoms in total. The Kier molecular flexibility index (Phi) is 5.48. The molecule has 0 aliphatic rings. The van der Waals surface area contributed by atoms with Gasteiger partial charge in [-0.2, -0.15) is 0 Å². The number of hydrogen-bond donors (Lipinski definition) is 1. The van der Waals surface area contributed by atoms with Gasteiger partial charge in [-0.25, -0.2) is 0 Å². The molecule has 0 aliphatic heterocycles. The highest BCUT2D eigenvalue weighted by Gasteiger charge is 2.18. The van der Waals surface area contributed by atoms with E-state index in [-0.39, 0.29) is 24.9 Å². The summed E-state index contributed by atoms with van der Waals surface area (Å²) in [5.41, 5.74) is 0.499. The average molecular weight is 364 g/mol. The number of halogens is 1. The molecule has 2 rings (SSSR count). The highest BCUT2D eigenvalue weighted by molar-refractivity contribution is 9.10. The lowest BCUT2D eigenvalue weighted by Gasteiger charge is -2.20. The van der Waals surface area contributed by atoms with Gasteiger partial charge in [0.2, 0.25) is 5.91 Å². The van der Waals surface area contributed by atoms with Gasteiger partial charge in [0.25, 0.3) is 5.91 Å². The Morgan fingerprint density at radius 3 is 2.64 bits per heavy atom. The number of nitrogens with zero attached hydrogens (tertiary/aromatic N) is 2. The van der Waals surface area contributed by atoms with Crippen LogP contribution in [0.25, 0.3) is 0 Å². The van der Waals surface area contributed by atoms with Gasteiger partial charge in [0.05, 0.1) is 0 Å². The number of nitrogens with one attached hydrogen (secondary N) is 1. The van der Waals surface area contributed by atoms with E-state index >= 15 is 0 Å². The van der Waals surface area contributed by atoms with Crippen LogP contribution in [-0.4, -0.2) is 35.0 Å². The molecule has 1 N–H and O–H groups in total. The van der Waals surface area contributed by atoms with Crippen LogP contribution in [0.4, 0.5) is 5.82 Å². The number of benzene rings is 1. The Morgan fingerprint density at radius 1 is 1.32 bits per heavy atom. The number of amides is 2. The minimum Gasteiger partial charge on any atom is -0.363 e. The summed E-state index contributed by atoms with van der Waals surface area (Å²) in [4.78, 5) is 25.8. The smallest absolute Gasteiger partial charge is 0.254 e. The Labute approximate surface area is 135 Å². The maximum atomic E-state index is 12.4. The van der Waals surface area contributed by atoms with Crippen LogP contribution in [-0.2, 0) is 4.79 Å². The summed E-state index contributed by atoms with van der Waals surface area (Å²) in [6.45, 7) is 3.77. The van der Waals surface area contributed by atoms with Gasteiger partial charge >= 0.3 is 0 Å². The van der Waals surface area contributed by atoms with Crippen LogP contribution in [0.5, 0.6) is 0 Å². The summed E-state index contributed by atoms with van der Waals surface area (Å²) in [5, 5.41) is 6.13. The molecule has 1 heterocycles. The van der Waals surface area contributed by atoms with Crippen LogP contribution >= 0.6 is 15.9 Å².